The van der Waals surface area contributed by atoms with Crippen LogP contribution >= 0.6 is 45.2 Å². The molecule has 0 aliphatic heterocycles. The van der Waals surface area contributed by atoms with E-state index in [0.29, 0.717) is 19.8 Å². The maximum Gasteiger partial charge on any atom is 0.236 e. The highest BCUT2D eigenvalue weighted by Gasteiger charge is 2.17. The van der Waals surface area contributed by atoms with E-state index in [1.807, 2.05) is 0 Å². The molecule has 13 heavy (non-hydrogen) atoms. The van der Waals surface area contributed by atoms with Crippen LogP contribution < -0.4 is 0 Å². The van der Waals surface area contributed by atoms with Crippen molar-refractivity contribution in [2.45, 2.75) is 12.7 Å². The third-order valence-corrected chi connectivity index (χ3v) is 4.33. The van der Waals surface area contributed by atoms with E-state index in [-0.39, 0.29) is 5.75 Å². The van der Waals surface area contributed by atoms with Gasteiger partial charge >= 0.3 is 0 Å². The van der Waals surface area contributed by atoms with Gasteiger partial charge in [0.2, 0.25) is 9.05 Å². The van der Waals surface area contributed by atoms with Crippen LogP contribution in [0.2, 0.25) is 8.67 Å². The maximum atomic E-state index is 10.8. The molecule has 1 heterocycles. The summed E-state index contributed by atoms with van der Waals surface area (Å²) < 4.78 is 22.4. The lowest BCUT2D eigenvalue weighted by Gasteiger charge is -1.96. The Balaban J connectivity index is 3.15. The first-order valence-electron chi connectivity index (χ1n) is 3.17. The zero-order chi connectivity index (χ0) is 10.2. The van der Waals surface area contributed by atoms with Crippen molar-refractivity contribution >= 4 is 54.3 Å². The highest BCUT2D eigenvalue weighted by molar-refractivity contribution is 8.13. The minimum Gasteiger partial charge on any atom is -0.212 e. The number of hydrogen-bond donors (Lipinski definition) is 0. The fourth-order valence-corrected chi connectivity index (χ4v) is 3.71. The van der Waals surface area contributed by atoms with Gasteiger partial charge < -0.3 is 0 Å². The van der Waals surface area contributed by atoms with E-state index < -0.39 is 9.05 Å². The van der Waals surface area contributed by atoms with Crippen molar-refractivity contribution in [3.05, 3.63) is 19.8 Å². The molecule has 0 amide bonds. The van der Waals surface area contributed by atoms with Crippen LogP contribution in [0.5, 0.6) is 0 Å². The van der Waals surface area contributed by atoms with Crippen LogP contribution in [0.15, 0.2) is 0 Å². The zero-order valence-corrected chi connectivity index (χ0v) is 10.4. The molecule has 0 atom stereocenters. The van der Waals surface area contributed by atoms with Crippen LogP contribution in [0.4, 0.5) is 0 Å². The first-order chi connectivity index (χ1) is 5.81. The summed E-state index contributed by atoms with van der Waals surface area (Å²) in [5.41, 5.74) is 1.17. The van der Waals surface area contributed by atoms with Gasteiger partial charge in [0.1, 0.15) is 0 Å². The molecule has 0 radical (unpaired) electrons. The average Bonchev–Trinajstić information content (AvgIpc) is 2.14. The van der Waals surface area contributed by atoms with Gasteiger partial charge in [-0.2, -0.15) is 0 Å². The summed E-state index contributed by atoms with van der Waals surface area (Å²) in [6.45, 7) is 1.71. The van der Waals surface area contributed by atoms with Gasteiger partial charge in [-0.15, -0.1) is 11.3 Å². The molecule has 0 spiro atoms. The Bertz CT molecular complexity index is 421. The first-order valence-corrected chi connectivity index (χ1v) is 7.22. The summed E-state index contributed by atoms with van der Waals surface area (Å²) in [7, 11) is 1.52. The Labute approximate surface area is 94.8 Å². The van der Waals surface area contributed by atoms with Gasteiger partial charge in [-0.05, 0) is 12.5 Å². The van der Waals surface area contributed by atoms with E-state index in [1.165, 1.54) is 0 Å². The third-order valence-electron chi connectivity index (χ3n) is 1.48. The van der Waals surface area contributed by atoms with Crippen molar-refractivity contribution in [1.29, 1.82) is 0 Å². The second-order valence-electron chi connectivity index (χ2n) is 2.44. The molecule has 1 aromatic heterocycles. The lowest BCUT2D eigenvalue weighted by molar-refractivity contribution is 0.609. The number of halogens is 3. The predicted octanol–water partition coefficient (Wildman–Crippen LogP) is 3.43. The Hall–Kier alpha value is 0.520. The summed E-state index contributed by atoms with van der Waals surface area (Å²) in [6, 6.07) is 0. The van der Waals surface area contributed by atoms with Crippen LogP contribution in [0, 0.1) is 6.92 Å². The van der Waals surface area contributed by atoms with E-state index >= 15 is 0 Å². The maximum absolute atomic E-state index is 10.8. The Kier molecular flexibility index (Phi) is 3.52. The highest BCUT2D eigenvalue weighted by Crippen LogP contribution is 2.37. The topological polar surface area (TPSA) is 34.1 Å². The summed E-state index contributed by atoms with van der Waals surface area (Å²) in [5, 5.41) is 0. The SMILES string of the molecule is Cc1c(Cl)sc(Cl)c1CS(=O)(=O)Cl. The van der Waals surface area contributed by atoms with E-state index in [4.69, 9.17) is 33.9 Å². The summed E-state index contributed by atoms with van der Waals surface area (Å²) >= 11 is 12.7. The van der Waals surface area contributed by atoms with Crippen LogP contribution in [-0.4, -0.2) is 8.42 Å². The monoisotopic (exact) mass is 278 g/mol. The molecule has 0 fully saturated rings. The van der Waals surface area contributed by atoms with E-state index in [0.717, 1.165) is 11.3 Å². The largest absolute Gasteiger partial charge is 0.236 e. The van der Waals surface area contributed by atoms with Gasteiger partial charge in [0.05, 0.1) is 14.4 Å². The fraction of sp³-hybridized carbons (Fsp3) is 0.333. The Morgan fingerprint density at radius 1 is 1.31 bits per heavy atom. The quantitative estimate of drug-likeness (QED) is 0.777. The molecular formula is C6H5Cl3O2S2. The van der Waals surface area contributed by atoms with Crippen molar-refractivity contribution in [3.8, 4) is 0 Å². The predicted molar refractivity (Wildman–Crippen MR) is 57.6 cm³/mol. The average molecular weight is 280 g/mol. The molecule has 1 rings (SSSR count). The molecular weight excluding hydrogens is 275 g/mol. The number of rotatable bonds is 2. The zero-order valence-electron chi connectivity index (χ0n) is 6.47. The van der Waals surface area contributed by atoms with Crippen LogP contribution in [0.3, 0.4) is 0 Å². The molecule has 0 saturated carbocycles. The molecule has 74 valence electrons. The molecule has 1 aromatic rings. The summed E-state index contributed by atoms with van der Waals surface area (Å²) in [6.07, 6.45) is 0. The standard InChI is InChI=1S/C6H5Cl3O2S2/c1-3-4(2-13(9,10)11)6(8)12-5(3)7/h2H2,1H3. The Morgan fingerprint density at radius 3 is 2.15 bits per heavy atom. The third kappa shape index (κ3) is 2.99. The van der Waals surface area contributed by atoms with Crippen molar-refractivity contribution < 1.29 is 8.42 Å². The lowest BCUT2D eigenvalue weighted by atomic mass is 10.2. The van der Waals surface area contributed by atoms with Gasteiger partial charge in [-0.3, -0.25) is 0 Å². The van der Waals surface area contributed by atoms with Gasteiger partial charge in [-0.1, -0.05) is 23.2 Å². The van der Waals surface area contributed by atoms with Crippen molar-refractivity contribution in [2.75, 3.05) is 0 Å². The van der Waals surface area contributed by atoms with Gasteiger partial charge in [0.25, 0.3) is 0 Å². The van der Waals surface area contributed by atoms with E-state index in [1.54, 1.807) is 6.92 Å². The van der Waals surface area contributed by atoms with Crippen molar-refractivity contribution in [2.24, 2.45) is 0 Å². The first kappa shape index (κ1) is 11.6. The molecule has 7 heteroatoms. The number of hydrogen-bond acceptors (Lipinski definition) is 3. The van der Waals surface area contributed by atoms with E-state index in [9.17, 15) is 8.42 Å². The molecule has 0 bridgehead atoms. The molecule has 2 nitrogen and oxygen atoms in total. The number of thiophene rings is 1. The Morgan fingerprint density at radius 2 is 1.85 bits per heavy atom. The van der Waals surface area contributed by atoms with Crippen LogP contribution in [-0.2, 0) is 14.8 Å². The smallest absolute Gasteiger partial charge is 0.212 e. The highest BCUT2D eigenvalue weighted by atomic mass is 35.7. The van der Waals surface area contributed by atoms with Crippen molar-refractivity contribution in [3.63, 3.8) is 0 Å². The molecule has 0 N–H and O–H groups in total. The van der Waals surface area contributed by atoms with Gasteiger partial charge in [-0.25, -0.2) is 8.42 Å². The van der Waals surface area contributed by atoms with Crippen molar-refractivity contribution in [1.82, 2.24) is 0 Å². The van der Waals surface area contributed by atoms with Crippen LogP contribution in [0.25, 0.3) is 0 Å². The normalized spacial score (nSPS) is 12.0. The van der Waals surface area contributed by atoms with E-state index in [2.05, 4.69) is 0 Å². The molecule has 0 aliphatic carbocycles. The second kappa shape index (κ2) is 3.95. The summed E-state index contributed by atoms with van der Waals surface area (Å²) in [5.74, 6) is -0.275. The van der Waals surface area contributed by atoms with Gasteiger partial charge in [0, 0.05) is 16.2 Å². The minimum absolute atomic E-state index is 0.275. The second-order valence-corrected chi connectivity index (χ2v) is 7.44. The van der Waals surface area contributed by atoms with Crippen LogP contribution in [0.1, 0.15) is 11.1 Å². The lowest BCUT2D eigenvalue weighted by Crippen LogP contribution is -1.95. The molecule has 0 saturated heterocycles. The van der Waals surface area contributed by atoms with Gasteiger partial charge in [0.15, 0.2) is 0 Å². The molecule has 0 aliphatic rings. The fourth-order valence-electron chi connectivity index (χ4n) is 0.820. The molecule has 0 unspecified atom stereocenters. The molecule has 0 aromatic carbocycles. The minimum atomic E-state index is -3.57. The summed E-state index contributed by atoms with van der Waals surface area (Å²) in [4.78, 5) is 0.